The smallest absolute Gasteiger partial charge is 0.231 e. The molecule has 1 rings (SSSR count). The third-order valence-corrected chi connectivity index (χ3v) is 3.41. The Morgan fingerprint density at radius 2 is 1.70 bits per heavy atom. The summed E-state index contributed by atoms with van der Waals surface area (Å²) >= 11 is 0. The van der Waals surface area contributed by atoms with E-state index in [4.69, 9.17) is 0 Å². The summed E-state index contributed by atoms with van der Waals surface area (Å²) in [5.41, 5.74) is 0. The Morgan fingerprint density at radius 1 is 1.10 bits per heavy atom. The highest BCUT2D eigenvalue weighted by atomic mass is 32.2. The molecule has 114 valence electrons. The lowest BCUT2D eigenvalue weighted by atomic mass is 10.6. The van der Waals surface area contributed by atoms with E-state index in [1.165, 1.54) is 6.26 Å². The Hall–Kier alpha value is -1.64. The summed E-state index contributed by atoms with van der Waals surface area (Å²) < 4.78 is 22.4. The molecule has 0 radical (unpaired) electrons. The Morgan fingerprint density at radius 3 is 2.20 bits per heavy atom. The van der Waals surface area contributed by atoms with Crippen molar-refractivity contribution in [3.8, 4) is 0 Å². The van der Waals surface area contributed by atoms with Gasteiger partial charge in [0.05, 0.1) is 5.75 Å². The lowest BCUT2D eigenvalue weighted by molar-refractivity contribution is 0.601. The minimum atomic E-state index is -3.01. The number of nitrogens with one attached hydrogen (secondary N) is 1. The van der Waals surface area contributed by atoms with E-state index in [9.17, 15) is 8.42 Å². The van der Waals surface area contributed by atoms with Crippen LogP contribution in [0.15, 0.2) is 0 Å². The first-order valence-electron chi connectivity index (χ1n) is 6.29. The lowest BCUT2D eigenvalue weighted by Gasteiger charge is -2.19. The monoisotopic (exact) mass is 302 g/mol. The summed E-state index contributed by atoms with van der Waals surface area (Å²) in [5.74, 6) is 1.51. The average molecular weight is 302 g/mol. The highest BCUT2D eigenvalue weighted by Gasteiger charge is 2.13. The lowest BCUT2D eigenvalue weighted by Crippen LogP contribution is -2.28. The standard InChI is InChI=1S/C11H22N6O2S/c1-6-12-9-13-10(16(2)3)15-11(14-9)17(4)7-8-20(5,18)19/h6-8H2,1-5H3,(H,12,13,14,15). The van der Waals surface area contributed by atoms with Crippen molar-refractivity contribution in [1.82, 2.24) is 15.0 Å². The highest BCUT2D eigenvalue weighted by Crippen LogP contribution is 2.14. The van der Waals surface area contributed by atoms with Gasteiger partial charge in [0.25, 0.3) is 0 Å². The van der Waals surface area contributed by atoms with Crippen molar-refractivity contribution >= 4 is 27.7 Å². The zero-order chi connectivity index (χ0) is 15.3. The molecule has 9 heteroatoms. The molecule has 0 bridgehead atoms. The predicted octanol–water partition coefficient (Wildman–Crippen LogP) is -0.150. The van der Waals surface area contributed by atoms with Gasteiger partial charge in [-0.25, -0.2) is 8.42 Å². The third-order valence-electron chi connectivity index (χ3n) is 2.49. The molecule has 0 spiro atoms. The van der Waals surface area contributed by atoms with Gasteiger partial charge in [0.1, 0.15) is 9.84 Å². The molecule has 1 aromatic heterocycles. The van der Waals surface area contributed by atoms with E-state index in [-0.39, 0.29) is 5.75 Å². The molecule has 0 saturated heterocycles. The van der Waals surface area contributed by atoms with Crippen LogP contribution in [0.3, 0.4) is 0 Å². The van der Waals surface area contributed by atoms with Gasteiger partial charge in [-0.1, -0.05) is 0 Å². The molecule has 1 aromatic rings. The molecule has 0 amide bonds. The van der Waals surface area contributed by atoms with Crippen molar-refractivity contribution in [2.75, 3.05) is 61.4 Å². The normalized spacial score (nSPS) is 11.2. The molecule has 0 aliphatic carbocycles. The van der Waals surface area contributed by atoms with Gasteiger partial charge >= 0.3 is 0 Å². The van der Waals surface area contributed by atoms with E-state index in [0.717, 1.165) is 0 Å². The summed E-state index contributed by atoms with van der Waals surface area (Å²) in [6.07, 6.45) is 1.21. The van der Waals surface area contributed by atoms with Crippen LogP contribution < -0.4 is 15.1 Å². The molecule has 0 fully saturated rings. The van der Waals surface area contributed by atoms with Crippen LogP contribution in [0.5, 0.6) is 0 Å². The van der Waals surface area contributed by atoms with Crippen molar-refractivity contribution in [2.24, 2.45) is 0 Å². The molecule has 0 aliphatic rings. The molecule has 0 aliphatic heterocycles. The number of rotatable bonds is 7. The van der Waals surface area contributed by atoms with Gasteiger partial charge in [-0.3, -0.25) is 0 Å². The summed E-state index contributed by atoms with van der Waals surface area (Å²) in [7, 11) is 2.42. The largest absolute Gasteiger partial charge is 0.354 e. The van der Waals surface area contributed by atoms with Crippen molar-refractivity contribution < 1.29 is 8.42 Å². The highest BCUT2D eigenvalue weighted by molar-refractivity contribution is 7.90. The molecule has 0 aromatic carbocycles. The van der Waals surface area contributed by atoms with Gasteiger partial charge in [-0.2, -0.15) is 15.0 Å². The summed E-state index contributed by atoms with van der Waals surface area (Å²) in [6, 6.07) is 0. The van der Waals surface area contributed by atoms with Gasteiger partial charge in [-0.05, 0) is 6.92 Å². The number of hydrogen-bond acceptors (Lipinski definition) is 8. The second-order valence-corrected chi connectivity index (χ2v) is 6.99. The predicted molar refractivity (Wildman–Crippen MR) is 81.3 cm³/mol. The van der Waals surface area contributed by atoms with Crippen LogP contribution in [0.25, 0.3) is 0 Å². The molecule has 0 saturated carbocycles. The Balaban J connectivity index is 2.97. The SMILES string of the molecule is CCNc1nc(N(C)C)nc(N(C)CCS(C)(=O)=O)n1. The van der Waals surface area contributed by atoms with Crippen molar-refractivity contribution in [3.63, 3.8) is 0 Å². The van der Waals surface area contributed by atoms with E-state index >= 15 is 0 Å². The van der Waals surface area contributed by atoms with Crippen LogP contribution in [0.2, 0.25) is 0 Å². The van der Waals surface area contributed by atoms with E-state index in [0.29, 0.717) is 30.9 Å². The summed E-state index contributed by atoms with van der Waals surface area (Å²) in [6.45, 7) is 2.98. The molecule has 0 atom stereocenters. The van der Waals surface area contributed by atoms with Crippen molar-refractivity contribution in [1.29, 1.82) is 0 Å². The maximum atomic E-state index is 11.2. The van der Waals surface area contributed by atoms with Gasteiger partial charge in [-0.15, -0.1) is 0 Å². The second-order valence-electron chi connectivity index (χ2n) is 4.74. The number of hydrogen-bond donors (Lipinski definition) is 1. The van der Waals surface area contributed by atoms with Crippen LogP contribution in [0.4, 0.5) is 17.8 Å². The number of aromatic nitrogens is 3. The van der Waals surface area contributed by atoms with Crippen LogP contribution in [0.1, 0.15) is 6.92 Å². The van der Waals surface area contributed by atoms with Gasteiger partial charge < -0.3 is 15.1 Å². The number of anilines is 3. The quantitative estimate of drug-likeness (QED) is 0.743. The Kier molecular flexibility index (Phi) is 5.49. The zero-order valence-corrected chi connectivity index (χ0v) is 13.4. The van der Waals surface area contributed by atoms with Crippen LogP contribution in [-0.4, -0.2) is 69.6 Å². The van der Waals surface area contributed by atoms with Gasteiger partial charge in [0, 0.05) is 40.5 Å². The number of nitrogens with zero attached hydrogens (tertiary/aromatic N) is 5. The maximum absolute atomic E-state index is 11.2. The second kappa shape index (κ2) is 6.69. The number of sulfone groups is 1. The van der Waals surface area contributed by atoms with Crippen molar-refractivity contribution in [3.05, 3.63) is 0 Å². The molecule has 1 heterocycles. The molecule has 0 unspecified atom stereocenters. The molecule has 1 N–H and O–H groups in total. The first kappa shape index (κ1) is 16.4. The van der Waals surface area contributed by atoms with E-state index in [1.54, 1.807) is 16.8 Å². The van der Waals surface area contributed by atoms with E-state index in [1.807, 2.05) is 21.0 Å². The van der Waals surface area contributed by atoms with Crippen LogP contribution in [-0.2, 0) is 9.84 Å². The Bertz CT molecular complexity index is 546. The van der Waals surface area contributed by atoms with Crippen molar-refractivity contribution in [2.45, 2.75) is 6.92 Å². The first-order chi connectivity index (χ1) is 9.23. The third kappa shape index (κ3) is 5.16. The van der Waals surface area contributed by atoms with Gasteiger partial charge in [0.15, 0.2) is 0 Å². The van der Waals surface area contributed by atoms with Gasteiger partial charge in [0.2, 0.25) is 17.8 Å². The molecule has 20 heavy (non-hydrogen) atoms. The van der Waals surface area contributed by atoms with E-state index < -0.39 is 9.84 Å². The molecular formula is C11H22N6O2S. The zero-order valence-electron chi connectivity index (χ0n) is 12.6. The molecular weight excluding hydrogens is 280 g/mol. The fourth-order valence-electron chi connectivity index (χ4n) is 1.36. The topological polar surface area (TPSA) is 91.3 Å². The Labute approximate surface area is 120 Å². The minimum Gasteiger partial charge on any atom is -0.354 e. The van der Waals surface area contributed by atoms with Crippen LogP contribution >= 0.6 is 0 Å². The van der Waals surface area contributed by atoms with Crippen LogP contribution in [0, 0.1) is 0 Å². The molecule has 8 nitrogen and oxygen atoms in total. The fraction of sp³-hybridized carbons (Fsp3) is 0.727. The minimum absolute atomic E-state index is 0.0586. The first-order valence-corrected chi connectivity index (χ1v) is 8.35. The fourth-order valence-corrected chi connectivity index (χ4v) is 1.97. The average Bonchev–Trinajstić information content (AvgIpc) is 2.35. The van der Waals surface area contributed by atoms with E-state index in [2.05, 4.69) is 20.3 Å². The maximum Gasteiger partial charge on any atom is 0.231 e. The summed E-state index contributed by atoms with van der Waals surface area (Å²) in [5, 5.41) is 3.04. The summed E-state index contributed by atoms with van der Waals surface area (Å²) in [4.78, 5) is 16.3.